The molecule has 98 valence electrons. The van der Waals surface area contributed by atoms with Gasteiger partial charge in [-0.05, 0) is 18.6 Å². The summed E-state index contributed by atoms with van der Waals surface area (Å²) in [5.41, 5.74) is 2.95. The van der Waals surface area contributed by atoms with Crippen molar-refractivity contribution in [2.45, 2.75) is 20.0 Å². The molecule has 0 saturated carbocycles. The molecule has 0 heterocycles. The maximum absolute atomic E-state index is 10.8. The second-order valence-electron chi connectivity index (χ2n) is 4.46. The van der Waals surface area contributed by atoms with E-state index < -0.39 is 5.97 Å². The van der Waals surface area contributed by atoms with Crippen molar-refractivity contribution >= 4 is 5.97 Å². The lowest BCUT2D eigenvalue weighted by Crippen LogP contribution is -2.04. The fraction of sp³-hybridized carbons (Fsp3) is 0.188. The van der Waals surface area contributed by atoms with Crippen LogP contribution in [0.2, 0.25) is 0 Å². The molecule has 0 unspecified atom stereocenters. The molecule has 0 spiro atoms. The van der Waals surface area contributed by atoms with Crippen LogP contribution in [0.15, 0.2) is 48.5 Å². The Morgan fingerprint density at radius 2 is 1.95 bits per heavy atom. The average Bonchev–Trinajstić information content (AvgIpc) is 2.37. The van der Waals surface area contributed by atoms with Crippen molar-refractivity contribution in [1.29, 1.82) is 0 Å². The molecular weight excluding hydrogens is 240 g/mol. The van der Waals surface area contributed by atoms with Crippen LogP contribution in [0.25, 0.3) is 0 Å². The number of carbonyl (C=O) groups is 1. The second kappa shape index (κ2) is 6.05. The normalized spacial score (nSPS) is 10.2. The van der Waals surface area contributed by atoms with Gasteiger partial charge in [-0.1, -0.05) is 48.0 Å². The zero-order valence-electron chi connectivity index (χ0n) is 10.8. The maximum Gasteiger partial charge on any atom is 0.307 e. The number of ether oxygens (including phenoxy) is 1. The van der Waals surface area contributed by atoms with Crippen molar-refractivity contribution in [1.82, 2.24) is 0 Å². The largest absolute Gasteiger partial charge is 0.489 e. The van der Waals surface area contributed by atoms with Gasteiger partial charge < -0.3 is 9.84 Å². The van der Waals surface area contributed by atoms with Crippen molar-refractivity contribution in [3.05, 3.63) is 65.2 Å². The van der Waals surface area contributed by atoms with E-state index >= 15 is 0 Å². The summed E-state index contributed by atoms with van der Waals surface area (Å²) in [4.78, 5) is 10.8. The Kier molecular flexibility index (Phi) is 4.18. The number of carboxylic acid groups (broad SMARTS) is 1. The molecule has 0 saturated heterocycles. The Balaban J connectivity index is 2.09. The third-order valence-corrected chi connectivity index (χ3v) is 2.79. The molecule has 3 heteroatoms. The molecule has 1 N–H and O–H groups in total. The highest BCUT2D eigenvalue weighted by atomic mass is 16.5. The monoisotopic (exact) mass is 256 g/mol. The van der Waals surface area contributed by atoms with Crippen molar-refractivity contribution in [3.8, 4) is 5.75 Å². The number of rotatable bonds is 5. The van der Waals surface area contributed by atoms with Gasteiger partial charge in [0.1, 0.15) is 12.4 Å². The number of aliphatic carboxylic acids is 1. The molecule has 2 aromatic carbocycles. The van der Waals surface area contributed by atoms with E-state index in [4.69, 9.17) is 9.84 Å². The Morgan fingerprint density at radius 1 is 1.16 bits per heavy atom. The first-order chi connectivity index (χ1) is 9.15. The van der Waals surface area contributed by atoms with E-state index in [1.54, 1.807) is 12.1 Å². The topological polar surface area (TPSA) is 46.5 Å². The molecule has 0 aliphatic rings. The van der Waals surface area contributed by atoms with Gasteiger partial charge >= 0.3 is 5.97 Å². The van der Waals surface area contributed by atoms with Gasteiger partial charge in [-0.15, -0.1) is 0 Å². The standard InChI is InChI=1S/C16H16O3/c1-12-5-4-6-13(9-12)11-19-15-8-3-2-7-14(15)10-16(17)18/h2-9H,10-11H2,1H3,(H,17,18). The van der Waals surface area contributed by atoms with Gasteiger partial charge in [0, 0.05) is 5.56 Å². The predicted octanol–water partition coefficient (Wildman–Crippen LogP) is 3.20. The van der Waals surface area contributed by atoms with Crippen LogP contribution in [0.1, 0.15) is 16.7 Å². The first kappa shape index (κ1) is 13.1. The maximum atomic E-state index is 10.8. The van der Waals surface area contributed by atoms with Gasteiger partial charge in [-0.25, -0.2) is 0 Å². The summed E-state index contributed by atoms with van der Waals surface area (Å²) >= 11 is 0. The van der Waals surface area contributed by atoms with Crippen LogP contribution in [0, 0.1) is 6.92 Å². The minimum atomic E-state index is -0.855. The van der Waals surface area contributed by atoms with E-state index in [0.717, 1.165) is 5.56 Å². The first-order valence-electron chi connectivity index (χ1n) is 6.13. The van der Waals surface area contributed by atoms with Crippen molar-refractivity contribution in [3.63, 3.8) is 0 Å². The van der Waals surface area contributed by atoms with Gasteiger partial charge in [0.15, 0.2) is 0 Å². The number of carboxylic acids is 1. The zero-order valence-corrected chi connectivity index (χ0v) is 10.8. The third kappa shape index (κ3) is 3.85. The third-order valence-electron chi connectivity index (χ3n) is 2.79. The van der Waals surface area contributed by atoms with E-state index in [9.17, 15) is 4.79 Å². The summed E-state index contributed by atoms with van der Waals surface area (Å²) in [5, 5.41) is 8.86. The van der Waals surface area contributed by atoms with E-state index in [-0.39, 0.29) is 6.42 Å². The molecule has 2 aromatic rings. The van der Waals surface area contributed by atoms with Gasteiger partial charge in [-0.2, -0.15) is 0 Å². The summed E-state index contributed by atoms with van der Waals surface area (Å²) in [6.45, 7) is 2.47. The number of benzene rings is 2. The number of hydrogen-bond donors (Lipinski definition) is 1. The highest BCUT2D eigenvalue weighted by Gasteiger charge is 2.07. The van der Waals surface area contributed by atoms with Crippen LogP contribution in [0.4, 0.5) is 0 Å². The predicted molar refractivity (Wildman–Crippen MR) is 73.3 cm³/mol. The summed E-state index contributed by atoms with van der Waals surface area (Å²) in [6, 6.07) is 15.3. The molecule has 0 amide bonds. The van der Waals surface area contributed by atoms with Crippen molar-refractivity contribution in [2.24, 2.45) is 0 Å². The van der Waals surface area contributed by atoms with Gasteiger partial charge in [-0.3, -0.25) is 4.79 Å². The molecule has 2 rings (SSSR count). The number of hydrogen-bond acceptors (Lipinski definition) is 2. The summed E-state index contributed by atoms with van der Waals surface area (Å²) in [5.74, 6) is -0.224. The van der Waals surface area contributed by atoms with E-state index in [1.807, 2.05) is 37.3 Å². The Hall–Kier alpha value is -2.29. The van der Waals surface area contributed by atoms with Crippen LogP contribution < -0.4 is 4.74 Å². The first-order valence-corrected chi connectivity index (χ1v) is 6.13. The fourth-order valence-corrected chi connectivity index (χ4v) is 1.92. The van der Waals surface area contributed by atoms with Crippen LogP contribution >= 0.6 is 0 Å². The van der Waals surface area contributed by atoms with Crippen molar-refractivity contribution in [2.75, 3.05) is 0 Å². The van der Waals surface area contributed by atoms with Gasteiger partial charge in [0.05, 0.1) is 6.42 Å². The second-order valence-corrected chi connectivity index (χ2v) is 4.46. The molecule has 0 aromatic heterocycles. The fourth-order valence-electron chi connectivity index (χ4n) is 1.92. The molecule has 0 radical (unpaired) electrons. The molecule has 0 aliphatic heterocycles. The smallest absolute Gasteiger partial charge is 0.307 e. The highest BCUT2D eigenvalue weighted by molar-refractivity contribution is 5.71. The molecule has 3 nitrogen and oxygen atoms in total. The molecule has 0 fully saturated rings. The highest BCUT2D eigenvalue weighted by Crippen LogP contribution is 2.20. The SMILES string of the molecule is Cc1cccc(COc2ccccc2CC(=O)O)c1. The van der Waals surface area contributed by atoms with Crippen LogP contribution in [0.5, 0.6) is 5.75 Å². The molecular formula is C16H16O3. The lowest BCUT2D eigenvalue weighted by atomic mass is 10.1. The Morgan fingerprint density at radius 3 is 2.68 bits per heavy atom. The quantitative estimate of drug-likeness (QED) is 0.893. The summed E-state index contributed by atoms with van der Waals surface area (Å²) < 4.78 is 5.72. The van der Waals surface area contributed by atoms with Crippen LogP contribution in [0.3, 0.4) is 0 Å². The molecule has 0 aliphatic carbocycles. The summed E-state index contributed by atoms with van der Waals surface area (Å²) in [7, 11) is 0. The van der Waals surface area contributed by atoms with E-state index in [0.29, 0.717) is 17.9 Å². The lowest BCUT2D eigenvalue weighted by molar-refractivity contribution is -0.136. The zero-order chi connectivity index (χ0) is 13.7. The molecule has 0 bridgehead atoms. The van der Waals surface area contributed by atoms with E-state index in [1.165, 1.54) is 5.56 Å². The van der Waals surface area contributed by atoms with Gasteiger partial charge in [0.2, 0.25) is 0 Å². The van der Waals surface area contributed by atoms with Crippen molar-refractivity contribution < 1.29 is 14.6 Å². The molecule has 19 heavy (non-hydrogen) atoms. The molecule has 0 atom stereocenters. The number of para-hydroxylation sites is 1. The van der Waals surface area contributed by atoms with E-state index in [2.05, 4.69) is 6.07 Å². The number of aryl methyl sites for hydroxylation is 1. The van der Waals surface area contributed by atoms with Crippen LogP contribution in [-0.2, 0) is 17.8 Å². The minimum Gasteiger partial charge on any atom is -0.489 e. The lowest BCUT2D eigenvalue weighted by Gasteiger charge is -2.10. The minimum absolute atomic E-state index is 0.0238. The van der Waals surface area contributed by atoms with Gasteiger partial charge in [0.25, 0.3) is 0 Å². The van der Waals surface area contributed by atoms with Crippen LogP contribution in [-0.4, -0.2) is 11.1 Å². The summed E-state index contributed by atoms with van der Waals surface area (Å²) in [6.07, 6.45) is -0.0238. The Bertz CT molecular complexity index is 576. The average molecular weight is 256 g/mol. The Labute approximate surface area is 112 Å².